The SMILES string of the molecule is CN1CCCCCCCCCNCCC1. The molecule has 0 radical (unpaired) electrons. The van der Waals surface area contributed by atoms with Crippen molar-refractivity contribution in [2.24, 2.45) is 0 Å². The van der Waals surface area contributed by atoms with Gasteiger partial charge in [0, 0.05) is 0 Å². The fraction of sp³-hybridized carbons (Fsp3) is 1.00. The molecule has 2 nitrogen and oxygen atoms in total. The van der Waals surface area contributed by atoms with Crippen molar-refractivity contribution >= 4 is 0 Å². The van der Waals surface area contributed by atoms with Crippen molar-refractivity contribution in [1.82, 2.24) is 10.2 Å². The van der Waals surface area contributed by atoms with Gasteiger partial charge < -0.3 is 10.2 Å². The van der Waals surface area contributed by atoms with Crippen molar-refractivity contribution < 1.29 is 0 Å². The highest BCUT2D eigenvalue weighted by Gasteiger charge is 1.99. The number of rotatable bonds is 0. The second-order valence-electron chi connectivity index (χ2n) is 4.88. The molecule has 1 saturated heterocycles. The van der Waals surface area contributed by atoms with E-state index in [1.54, 1.807) is 0 Å². The third-order valence-corrected chi connectivity index (χ3v) is 3.29. The maximum absolute atomic E-state index is 3.53. The van der Waals surface area contributed by atoms with Crippen molar-refractivity contribution in [3.05, 3.63) is 0 Å². The summed E-state index contributed by atoms with van der Waals surface area (Å²) in [6, 6.07) is 0. The molecular weight excluding hydrogens is 184 g/mol. The van der Waals surface area contributed by atoms with Gasteiger partial charge in [-0.25, -0.2) is 0 Å². The smallest absolute Gasteiger partial charge is 0.000969 e. The van der Waals surface area contributed by atoms with Crippen LogP contribution in [0.15, 0.2) is 0 Å². The molecule has 0 aromatic carbocycles. The Balaban J connectivity index is 2.10. The number of nitrogens with one attached hydrogen (secondary N) is 1. The first-order chi connectivity index (χ1) is 7.39. The number of hydrogen-bond donors (Lipinski definition) is 1. The topological polar surface area (TPSA) is 15.3 Å². The maximum Gasteiger partial charge on any atom is -0.000969 e. The zero-order valence-corrected chi connectivity index (χ0v) is 10.4. The molecule has 90 valence electrons. The molecule has 0 aromatic heterocycles. The summed E-state index contributed by atoms with van der Waals surface area (Å²) >= 11 is 0. The summed E-state index contributed by atoms with van der Waals surface area (Å²) < 4.78 is 0. The van der Waals surface area contributed by atoms with Crippen LogP contribution in [0.1, 0.15) is 51.4 Å². The Bertz CT molecular complexity index is 122. The van der Waals surface area contributed by atoms with Crippen LogP contribution in [-0.4, -0.2) is 38.1 Å². The lowest BCUT2D eigenvalue weighted by molar-refractivity contribution is 0.315. The number of nitrogens with zero attached hydrogens (tertiary/aromatic N) is 1. The molecule has 2 heteroatoms. The van der Waals surface area contributed by atoms with E-state index in [0.29, 0.717) is 0 Å². The van der Waals surface area contributed by atoms with Gasteiger partial charge in [0.15, 0.2) is 0 Å². The van der Waals surface area contributed by atoms with Gasteiger partial charge in [0.1, 0.15) is 0 Å². The zero-order chi connectivity index (χ0) is 10.8. The summed E-state index contributed by atoms with van der Waals surface area (Å²) in [5.74, 6) is 0. The lowest BCUT2D eigenvalue weighted by atomic mass is 10.1. The van der Waals surface area contributed by atoms with E-state index in [2.05, 4.69) is 17.3 Å². The molecule has 1 aliphatic rings. The molecule has 0 amide bonds. The summed E-state index contributed by atoms with van der Waals surface area (Å²) in [6.07, 6.45) is 11.3. The standard InChI is InChI=1S/C13H28N2/c1-15-12-8-6-4-2-3-5-7-10-14-11-9-13-15/h14H,2-13H2,1H3. The van der Waals surface area contributed by atoms with Crippen molar-refractivity contribution in [3.8, 4) is 0 Å². The fourth-order valence-corrected chi connectivity index (χ4v) is 2.23. The van der Waals surface area contributed by atoms with Gasteiger partial charge >= 0.3 is 0 Å². The van der Waals surface area contributed by atoms with Gasteiger partial charge in [0.05, 0.1) is 0 Å². The van der Waals surface area contributed by atoms with Crippen LogP contribution in [0.5, 0.6) is 0 Å². The molecule has 0 aliphatic carbocycles. The van der Waals surface area contributed by atoms with Gasteiger partial charge in [0.25, 0.3) is 0 Å². The van der Waals surface area contributed by atoms with Gasteiger partial charge in [-0.1, -0.05) is 32.1 Å². The molecule has 0 atom stereocenters. The summed E-state index contributed by atoms with van der Waals surface area (Å²) in [4.78, 5) is 2.48. The van der Waals surface area contributed by atoms with E-state index in [1.807, 2.05) is 0 Å². The molecule has 0 spiro atoms. The molecule has 1 rings (SSSR count). The average molecular weight is 212 g/mol. The molecule has 1 aliphatic heterocycles. The Morgan fingerprint density at radius 2 is 1.20 bits per heavy atom. The van der Waals surface area contributed by atoms with Gasteiger partial charge in [-0.3, -0.25) is 0 Å². The summed E-state index contributed by atoms with van der Waals surface area (Å²) in [6.45, 7) is 4.97. The first-order valence-corrected chi connectivity index (χ1v) is 6.79. The Morgan fingerprint density at radius 1 is 0.667 bits per heavy atom. The Morgan fingerprint density at radius 3 is 2.00 bits per heavy atom. The molecule has 1 fully saturated rings. The van der Waals surface area contributed by atoms with E-state index in [-0.39, 0.29) is 0 Å². The predicted octanol–water partition coefficient (Wildman–Crippen LogP) is 2.64. The summed E-state index contributed by atoms with van der Waals surface area (Å²) in [7, 11) is 2.26. The van der Waals surface area contributed by atoms with E-state index < -0.39 is 0 Å². The van der Waals surface area contributed by atoms with E-state index in [9.17, 15) is 0 Å². The molecule has 0 unspecified atom stereocenters. The maximum atomic E-state index is 3.53. The third-order valence-electron chi connectivity index (χ3n) is 3.29. The summed E-state index contributed by atoms with van der Waals surface area (Å²) in [5.41, 5.74) is 0. The van der Waals surface area contributed by atoms with E-state index in [1.165, 1.54) is 77.5 Å². The molecule has 1 heterocycles. The van der Waals surface area contributed by atoms with Crippen molar-refractivity contribution in [2.45, 2.75) is 51.4 Å². The highest BCUT2D eigenvalue weighted by Crippen LogP contribution is 2.07. The van der Waals surface area contributed by atoms with Crippen LogP contribution < -0.4 is 5.32 Å². The second-order valence-corrected chi connectivity index (χ2v) is 4.88. The van der Waals surface area contributed by atoms with Crippen LogP contribution in [0.3, 0.4) is 0 Å². The van der Waals surface area contributed by atoms with Gasteiger partial charge in [0.2, 0.25) is 0 Å². The molecule has 0 bridgehead atoms. The van der Waals surface area contributed by atoms with Crippen molar-refractivity contribution in [1.29, 1.82) is 0 Å². The van der Waals surface area contributed by atoms with Crippen LogP contribution in [0.4, 0.5) is 0 Å². The number of hydrogen-bond acceptors (Lipinski definition) is 2. The first-order valence-electron chi connectivity index (χ1n) is 6.79. The van der Waals surface area contributed by atoms with Crippen LogP contribution >= 0.6 is 0 Å². The van der Waals surface area contributed by atoms with E-state index in [0.717, 1.165) is 0 Å². The normalized spacial score (nSPS) is 24.6. The van der Waals surface area contributed by atoms with Crippen molar-refractivity contribution in [2.75, 3.05) is 33.2 Å². The van der Waals surface area contributed by atoms with Crippen LogP contribution in [0.25, 0.3) is 0 Å². The fourth-order valence-electron chi connectivity index (χ4n) is 2.23. The van der Waals surface area contributed by atoms with Crippen LogP contribution in [-0.2, 0) is 0 Å². The van der Waals surface area contributed by atoms with Crippen LogP contribution in [0.2, 0.25) is 0 Å². The molecular formula is C13H28N2. The largest absolute Gasteiger partial charge is 0.317 e. The predicted molar refractivity (Wildman–Crippen MR) is 67.3 cm³/mol. The third kappa shape index (κ3) is 7.80. The van der Waals surface area contributed by atoms with E-state index >= 15 is 0 Å². The molecule has 0 aromatic rings. The van der Waals surface area contributed by atoms with Gasteiger partial charge in [-0.05, 0) is 52.5 Å². The van der Waals surface area contributed by atoms with Gasteiger partial charge in [-0.15, -0.1) is 0 Å². The minimum Gasteiger partial charge on any atom is -0.317 e. The molecule has 1 N–H and O–H groups in total. The first kappa shape index (κ1) is 13.0. The monoisotopic (exact) mass is 212 g/mol. The quantitative estimate of drug-likeness (QED) is 0.664. The molecule has 0 saturated carbocycles. The van der Waals surface area contributed by atoms with Gasteiger partial charge in [-0.2, -0.15) is 0 Å². The Labute approximate surface area is 95.4 Å². The summed E-state index contributed by atoms with van der Waals surface area (Å²) in [5, 5.41) is 3.53. The minimum atomic E-state index is 1.20. The van der Waals surface area contributed by atoms with E-state index in [4.69, 9.17) is 0 Å². The Kier molecular flexibility index (Phi) is 7.94. The highest BCUT2D eigenvalue weighted by molar-refractivity contribution is 4.57. The van der Waals surface area contributed by atoms with Crippen LogP contribution in [0, 0.1) is 0 Å². The second kappa shape index (κ2) is 9.17. The zero-order valence-electron chi connectivity index (χ0n) is 10.4. The Hall–Kier alpha value is -0.0800. The lowest BCUT2D eigenvalue weighted by Crippen LogP contribution is -2.25. The lowest BCUT2D eigenvalue weighted by Gasteiger charge is -2.17. The minimum absolute atomic E-state index is 1.20. The van der Waals surface area contributed by atoms with Crippen molar-refractivity contribution in [3.63, 3.8) is 0 Å². The average Bonchev–Trinajstić information content (AvgIpc) is 2.24. The highest BCUT2D eigenvalue weighted by atomic mass is 15.1. The molecule has 15 heavy (non-hydrogen) atoms.